The molecule has 1 saturated carbocycles. The van der Waals surface area contributed by atoms with E-state index in [9.17, 15) is 0 Å². The van der Waals surface area contributed by atoms with Crippen LogP contribution in [0.15, 0.2) is 24.3 Å². The van der Waals surface area contributed by atoms with E-state index in [1.807, 2.05) is 12.1 Å². The lowest BCUT2D eigenvalue weighted by molar-refractivity contribution is 0.282. The van der Waals surface area contributed by atoms with Crippen LogP contribution < -0.4 is 5.32 Å². The summed E-state index contributed by atoms with van der Waals surface area (Å²) < 4.78 is 0. The fourth-order valence-corrected chi connectivity index (χ4v) is 2.50. The Morgan fingerprint density at radius 3 is 2.50 bits per heavy atom. The van der Waals surface area contributed by atoms with E-state index >= 15 is 0 Å². The van der Waals surface area contributed by atoms with Crippen molar-refractivity contribution in [3.05, 3.63) is 29.8 Å². The normalized spacial score (nSPS) is 23.3. The van der Waals surface area contributed by atoms with Crippen LogP contribution in [0.25, 0.3) is 0 Å². The van der Waals surface area contributed by atoms with Gasteiger partial charge in [-0.3, -0.25) is 0 Å². The van der Waals surface area contributed by atoms with Crippen molar-refractivity contribution in [2.24, 2.45) is 5.41 Å². The van der Waals surface area contributed by atoms with E-state index < -0.39 is 0 Å². The van der Waals surface area contributed by atoms with E-state index in [1.54, 1.807) is 0 Å². The van der Waals surface area contributed by atoms with Crippen LogP contribution in [0.3, 0.4) is 0 Å². The molecule has 0 radical (unpaired) electrons. The third kappa shape index (κ3) is 2.76. The Kier molecular flexibility index (Phi) is 3.20. The molecule has 0 saturated heterocycles. The summed E-state index contributed by atoms with van der Waals surface area (Å²) in [6.07, 6.45) is 3.81. The number of hydrogen-bond acceptors (Lipinski definition) is 2. The van der Waals surface area contributed by atoms with Crippen molar-refractivity contribution in [1.29, 1.82) is 0 Å². The van der Waals surface area contributed by atoms with Gasteiger partial charge in [0.05, 0.1) is 6.61 Å². The Balaban J connectivity index is 1.94. The molecule has 1 aromatic rings. The molecular weight excluding hydrogens is 198 g/mol. The van der Waals surface area contributed by atoms with Gasteiger partial charge in [0.25, 0.3) is 0 Å². The van der Waals surface area contributed by atoms with Gasteiger partial charge in [-0.05, 0) is 42.4 Å². The van der Waals surface area contributed by atoms with Crippen molar-refractivity contribution in [2.75, 3.05) is 5.32 Å². The van der Waals surface area contributed by atoms with Crippen molar-refractivity contribution in [2.45, 2.75) is 45.8 Å². The Morgan fingerprint density at radius 2 is 2.00 bits per heavy atom. The third-order valence-corrected chi connectivity index (χ3v) is 3.48. The monoisotopic (exact) mass is 219 g/mol. The molecule has 0 spiro atoms. The summed E-state index contributed by atoms with van der Waals surface area (Å²) in [7, 11) is 0. The summed E-state index contributed by atoms with van der Waals surface area (Å²) in [5.74, 6) is 0. The van der Waals surface area contributed by atoms with Gasteiger partial charge in [0.15, 0.2) is 0 Å². The van der Waals surface area contributed by atoms with Gasteiger partial charge < -0.3 is 10.4 Å². The van der Waals surface area contributed by atoms with Gasteiger partial charge in [-0.2, -0.15) is 0 Å². The maximum absolute atomic E-state index is 8.96. The summed E-state index contributed by atoms with van der Waals surface area (Å²) in [4.78, 5) is 0. The number of aliphatic hydroxyl groups is 1. The maximum atomic E-state index is 8.96. The second-order valence-corrected chi connectivity index (χ2v) is 5.60. The van der Waals surface area contributed by atoms with Gasteiger partial charge in [-0.25, -0.2) is 0 Å². The average molecular weight is 219 g/mol. The van der Waals surface area contributed by atoms with E-state index in [4.69, 9.17) is 5.11 Å². The molecule has 1 aliphatic carbocycles. The largest absolute Gasteiger partial charge is 0.392 e. The molecular formula is C14H21NO. The molecule has 1 aliphatic rings. The van der Waals surface area contributed by atoms with Crippen molar-refractivity contribution < 1.29 is 5.11 Å². The summed E-state index contributed by atoms with van der Waals surface area (Å²) in [5, 5.41) is 12.5. The molecule has 2 nitrogen and oxygen atoms in total. The van der Waals surface area contributed by atoms with Crippen LogP contribution in [0, 0.1) is 5.41 Å². The highest BCUT2D eigenvalue weighted by atomic mass is 16.3. The van der Waals surface area contributed by atoms with Crippen LogP contribution in [0.4, 0.5) is 5.69 Å². The molecule has 1 aromatic carbocycles. The van der Waals surface area contributed by atoms with Crippen LogP contribution in [-0.4, -0.2) is 11.1 Å². The number of hydrogen-bond donors (Lipinski definition) is 2. The zero-order valence-corrected chi connectivity index (χ0v) is 10.2. The minimum atomic E-state index is 0.122. The van der Waals surface area contributed by atoms with Gasteiger partial charge in [0, 0.05) is 11.7 Å². The Morgan fingerprint density at radius 1 is 1.31 bits per heavy atom. The molecule has 0 heterocycles. The third-order valence-electron chi connectivity index (χ3n) is 3.48. The number of rotatable bonds is 3. The van der Waals surface area contributed by atoms with Crippen LogP contribution in [0.2, 0.25) is 0 Å². The first kappa shape index (κ1) is 11.5. The van der Waals surface area contributed by atoms with Gasteiger partial charge >= 0.3 is 0 Å². The van der Waals surface area contributed by atoms with Crippen molar-refractivity contribution in [3.63, 3.8) is 0 Å². The van der Waals surface area contributed by atoms with Crippen LogP contribution >= 0.6 is 0 Å². The summed E-state index contributed by atoms with van der Waals surface area (Å²) >= 11 is 0. The second kappa shape index (κ2) is 4.46. The fraction of sp³-hybridized carbons (Fsp3) is 0.571. The van der Waals surface area contributed by atoms with Crippen molar-refractivity contribution >= 4 is 5.69 Å². The summed E-state index contributed by atoms with van der Waals surface area (Å²) in [6.45, 7) is 4.80. The second-order valence-electron chi connectivity index (χ2n) is 5.60. The zero-order valence-electron chi connectivity index (χ0n) is 10.2. The predicted molar refractivity (Wildman–Crippen MR) is 67.4 cm³/mol. The van der Waals surface area contributed by atoms with Crippen LogP contribution in [0.1, 0.15) is 38.7 Å². The smallest absolute Gasteiger partial charge is 0.0681 e. The predicted octanol–water partition coefficient (Wildman–Crippen LogP) is 3.17. The minimum absolute atomic E-state index is 0.122. The molecule has 88 valence electrons. The highest BCUT2D eigenvalue weighted by Crippen LogP contribution is 2.38. The number of anilines is 1. The molecule has 2 rings (SSSR count). The molecule has 1 unspecified atom stereocenters. The molecule has 1 fully saturated rings. The van der Waals surface area contributed by atoms with Crippen molar-refractivity contribution in [3.8, 4) is 0 Å². The van der Waals surface area contributed by atoms with Crippen molar-refractivity contribution in [1.82, 2.24) is 0 Å². The molecule has 2 heteroatoms. The number of benzene rings is 1. The highest BCUT2D eigenvalue weighted by Gasteiger charge is 2.30. The first-order valence-corrected chi connectivity index (χ1v) is 6.05. The summed E-state index contributed by atoms with van der Waals surface area (Å²) in [6, 6.07) is 8.66. The van der Waals surface area contributed by atoms with E-state index in [-0.39, 0.29) is 6.61 Å². The standard InChI is InChI=1S/C14H21NO/c1-14(2)8-7-13(9-14)15-12-5-3-11(10-16)4-6-12/h3-6,13,15-16H,7-10H2,1-2H3. The van der Waals surface area contributed by atoms with E-state index in [0.29, 0.717) is 11.5 Å². The van der Waals surface area contributed by atoms with E-state index in [0.717, 1.165) is 5.56 Å². The molecule has 16 heavy (non-hydrogen) atoms. The van der Waals surface area contributed by atoms with Gasteiger partial charge in [0.2, 0.25) is 0 Å². The lowest BCUT2D eigenvalue weighted by Gasteiger charge is -2.18. The highest BCUT2D eigenvalue weighted by molar-refractivity contribution is 5.45. The Bertz CT molecular complexity index is 342. The SMILES string of the molecule is CC1(C)CCC(Nc2ccc(CO)cc2)C1. The lowest BCUT2D eigenvalue weighted by atomic mass is 9.92. The maximum Gasteiger partial charge on any atom is 0.0681 e. The number of aliphatic hydroxyl groups excluding tert-OH is 1. The average Bonchev–Trinajstić information content (AvgIpc) is 2.59. The van der Waals surface area contributed by atoms with Gasteiger partial charge in [0.1, 0.15) is 0 Å². The Labute approximate surface area is 97.7 Å². The minimum Gasteiger partial charge on any atom is -0.392 e. The first-order chi connectivity index (χ1) is 7.59. The summed E-state index contributed by atoms with van der Waals surface area (Å²) in [5.41, 5.74) is 2.63. The van der Waals surface area contributed by atoms with E-state index in [2.05, 4.69) is 31.3 Å². The molecule has 0 amide bonds. The van der Waals surface area contributed by atoms with Gasteiger partial charge in [-0.1, -0.05) is 26.0 Å². The molecule has 0 aromatic heterocycles. The zero-order chi connectivity index (χ0) is 11.6. The molecule has 1 atom stereocenters. The topological polar surface area (TPSA) is 32.3 Å². The Hall–Kier alpha value is -1.02. The quantitative estimate of drug-likeness (QED) is 0.818. The van der Waals surface area contributed by atoms with Crippen LogP contribution in [-0.2, 0) is 6.61 Å². The lowest BCUT2D eigenvalue weighted by Crippen LogP contribution is -2.17. The van der Waals surface area contributed by atoms with E-state index in [1.165, 1.54) is 24.9 Å². The van der Waals surface area contributed by atoms with Crippen LogP contribution in [0.5, 0.6) is 0 Å². The molecule has 0 aliphatic heterocycles. The fourth-order valence-electron chi connectivity index (χ4n) is 2.50. The number of nitrogens with one attached hydrogen (secondary N) is 1. The van der Waals surface area contributed by atoms with Gasteiger partial charge in [-0.15, -0.1) is 0 Å². The first-order valence-electron chi connectivity index (χ1n) is 6.05. The molecule has 0 bridgehead atoms. The molecule has 2 N–H and O–H groups in total.